The minimum Gasteiger partial charge on any atom is -0.454 e. The summed E-state index contributed by atoms with van der Waals surface area (Å²) in [6, 6.07) is 3.16. The van der Waals surface area contributed by atoms with Crippen LogP contribution in [0.3, 0.4) is 0 Å². The normalized spacial score (nSPS) is 14.3. The van der Waals surface area contributed by atoms with Crippen LogP contribution in [0.1, 0.15) is 31.1 Å². The van der Waals surface area contributed by atoms with Gasteiger partial charge in [0, 0.05) is 18.4 Å². The first-order valence-electron chi connectivity index (χ1n) is 7.10. The molecular formula is C15H22N2O4. The van der Waals surface area contributed by atoms with Crippen molar-refractivity contribution in [2.45, 2.75) is 26.8 Å². The number of carbonyl (C=O) groups is 1. The molecule has 1 amide bonds. The van der Waals surface area contributed by atoms with Crippen molar-refractivity contribution in [2.75, 3.05) is 25.7 Å². The summed E-state index contributed by atoms with van der Waals surface area (Å²) in [5.41, 5.74) is 6.68. The van der Waals surface area contributed by atoms with Gasteiger partial charge in [-0.25, -0.2) is 0 Å². The number of carbonyl (C=O) groups excluding carboxylic acids is 1. The van der Waals surface area contributed by atoms with Gasteiger partial charge in [0.15, 0.2) is 11.5 Å². The fraction of sp³-hybridized carbons (Fsp3) is 0.533. The van der Waals surface area contributed by atoms with Gasteiger partial charge in [-0.3, -0.25) is 4.79 Å². The van der Waals surface area contributed by atoms with Crippen LogP contribution >= 0.6 is 0 Å². The average molecular weight is 294 g/mol. The molecule has 0 aliphatic carbocycles. The van der Waals surface area contributed by atoms with E-state index in [-0.39, 0.29) is 24.7 Å². The molecule has 3 N–H and O–H groups in total. The topological polar surface area (TPSA) is 82.8 Å². The second-order valence-electron chi connectivity index (χ2n) is 5.28. The van der Waals surface area contributed by atoms with E-state index in [1.807, 2.05) is 20.8 Å². The second kappa shape index (κ2) is 6.67. The molecule has 0 radical (unpaired) electrons. The molecule has 1 aromatic carbocycles. The fourth-order valence-corrected chi connectivity index (χ4v) is 2.05. The van der Waals surface area contributed by atoms with E-state index in [0.29, 0.717) is 36.0 Å². The summed E-state index contributed by atoms with van der Waals surface area (Å²) in [6.45, 7) is 7.24. The van der Waals surface area contributed by atoms with Crippen molar-refractivity contribution in [1.82, 2.24) is 5.32 Å². The number of ether oxygens (including phenoxy) is 3. The van der Waals surface area contributed by atoms with Gasteiger partial charge in [-0.15, -0.1) is 0 Å². The van der Waals surface area contributed by atoms with Gasteiger partial charge < -0.3 is 25.3 Å². The third-order valence-corrected chi connectivity index (χ3v) is 3.41. The Kier molecular flexibility index (Phi) is 4.90. The maximum atomic E-state index is 12.4. The Balaban J connectivity index is 2.12. The standard InChI is InChI=1S/C15H22N2O4/c1-4-19-7-12(9(2)3)17-15(18)10-5-13-14(6-11(10)16)21-8-20-13/h5-6,9,12H,4,7-8,16H2,1-3H3,(H,17,18). The minimum absolute atomic E-state index is 0.0673. The van der Waals surface area contributed by atoms with Gasteiger partial charge in [-0.2, -0.15) is 0 Å². The van der Waals surface area contributed by atoms with Gasteiger partial charge in [-0.1, -0.05) is 13.8 Å². The zero-order valence-electron chi connectivity index (χ0n) is 12.6. The Hall–Kier alpha value is -1.95. The van der Waals surface area contributed by atoms with Crippen molar-refractivity contribution in [3.05, 3.63) is 17.7 Å². The number of anilines is 1. The monoisotopic (exact) mass is 294 g/mol. The molecule has 1 aliphatic heterocycles. The first-order valence-corrected chi connectivity index (χ1v) is 7.10. The minimum atomic E-state index is -0.232. The third kappa shape index (κ3) is 3.58. The van der Waals surface area contributed by atoms with Crippen LogP contribution in [0, 0.1) is 5.92 Å². The van der Waals surface area contributed by atoms with Crippen molar-refractivity contribution in [3.8, 4) is 11.5 Å². The molecule has 1 heterocycles. The lowest BCUT2D eigenvalue weighted by Crippen LogP contribution is -2.42. The number of hydrogen-bond donors (Lipinski definition) is 2. The van der Waals surface area contributed by atoms with Gasteiger partial charge >= 0.3 is 0 Å². The molecule has 1 atom stereocenters. The van der Waals surface area contributed by atoms with Crippen LogP contribution in [0.2, 0.25) is 0 Å². The molecule has 2 rings (SSSR count). The van der Waals surface area contributed by atoms with Gasteiger partial charge in [0.1, 0.15) is 0 Å². The highest BCUT2D eigenvalue weighted by molar-refractivity contribution is 6.00. The molecule has 6 heteroatoms. The summed E-state index contributed by atoms with van der Waals surface area (Å²) < 4.78 is 15.9. The molecule has 116 valence electrons. The number of benzene rings is 1. The molecule has 0 saturated carbocycles. The molecule has 1 aliphatic rings. The zero-order valence-corrected chi connectivity index (χ0v) is 12.6. The molecular weight excluding hydrogens is 272 g/mol. The van der Waals surface area contributed by atoms with Crippen molar-refractivity contribution in [2.24, 2.45) is 5.92 Å². The third-order valence-electron chi connectivity index (χ3n) is 3.41. The van der Waals surface area contributed by atoms with Crippen LogP contribution in [-0.2, 0) is 4.74 Å². The quantitative estimate of drug-likeness (QED) is 0.782. The molecule has 6 nitrogen and oxygen atoms in total. The number of hydrogen-bond acceptors (Lipinski definition) is 5. The predicted molar refractivity (Wildman–Crippen MR) is 79.6 cm³/mol. The number of amides is 1. The van der Waals surface area contributed by atoms with E-state index in [2.05, 4.69) is 5.32 Å². The largest absolute Gasteiger partial charge is 0.454 e. The number of rotatable bonds is 6. The summed E-state index contributed by atoms with van der Waals surface area (Å²) in [4.78, 5) is 12.4. The van der Waals surface area contributed by atoms with E-state index in [1.54, 1.807) is 12.1 Å². The lowest BCUT2D eigenvalue weighted by atomic mass is 10.0. The van der Waals surface area contributed by atoms with E-state index in [1.165, 1.54) is 0 Å². The van der Waals surface area contributed by atoms with Gasteiger partial charge in [-0.05, 0) is 18.9 Å². The summed E-state index contributed by atoms with van der Waals surface area (Å²) in [6.07, 6.45) is 0. The lowest BCUT2D eigenvalue weighted by Gasteiger charge is -2.22. The van der Waals surface area contributed by atoms with Crippen LogP contribution in [-0.4, -0.2) is 32.0 Å². The van der Waals surface area contributed by atoms with E-state index in [9.17, 15) is 4.79 Å². The van der Waals surface area contributed by atoms with Crippen molar-refractivity contribution in [1.29, 1.82) is 0 Å². The smallest absolute Gasteiger partial charge is 0.253 e. The first-order chi connectivity index (χ1) is 10.0. The highest BCUT2D eigenvalue weighted by atomic mass is 16.7. The van der Waals surface area contributed by atoms with Gasteiger partial charge in [0.2, 0.25) is 6.79 Å². The average Bonchev–Trinajstić information content (AvgIpc) is 2.88. The Morgan fingerprint density at radius 1 is 1.38 bits per heavy atom. The predicted octanol–water partition coefficient (Wildman–Crippen LogP) is 1.79. The molecule has 0 spiro atoms. The first kappa shape index (κ1) is 15.4. The second-order valence-corrected chi connectivity index (χ2v) is 5.28. The number of fused-ring (bicyclic) bond motifs is 1. The van der Waals surface area contributed by atoms with Gasteiger partial charge in [0.25, 0.3) is 5.91 Å². The van der Waals surface area contributed by atoms with E-state index >= 15 is 0 Å². The van der Waals surface area contributed by atoms with Crippen molar-refractivity contribution in [3.63, 3.8) is 0 Å². The fourth-order valence-electron chi connectivity index (χ4n) is 2.05. The Bertz CT molecular complexity index is 517. The molecule has 1 aromatic rings. The van der Waals surface area contributed by atoms with Gasteiger partial charge in [0.05, 0.1) is 18.2 Å². The zero-order chi connectivity index (χ0) is 15.4. The summed E-state index contributed by atoms with van der Waals surface area (Å²) in [5, 5.41) is 2.96. The van der Waals surface area contributed by atoms with E-state index in [0.717, 1.165) is 0 Å². The van der Waals surface area contributed by atoms with Crippen LogP contribution < -0.4 is 20.5 Å². The molecule has 0 bridgehead atoms. The SMILES string of the molecule is CCOCC(NC(=O)c1cc2c(cc1N)OCO2)C(C)C. The number of nitrogens with two attached hydrogens (primary N) is 1. The molecule has 21 heavy (non-hydrogen) atoms. The van der Waals surface area contributed by atoms with Crippen LogP contribution in [0.4, 0.5) is 5.69 Å². The highest BCUT2D eigenvalue weighted by Crippen LogP contribution is 2.35. The van der Waals surface area contributed by atoms with Crippen molar-refractivity contribution < 1.29 is 19.0 Å². The van der Waals surface area contributed by atoms with E-state index in [4.69, 9.17) is 19.9 Å². The Labute approximate surface area is 124 Å². The Morgan fingerprint density at radius 2 is 2.05 bits per heavy atom. The van der Waals surface area contributed by atoms with E-state index < -0.39 is 0 Å². The van der Waals surface area contributed by atoms with Crippen LogP contribution in [0.25, 0.3) is 0 Å². The number of nitrogens with one attached hydrogen (secondary N) is 1. The Morgan fingerprint density at radius 3 is 2.67 bits per heavy atom. The number of nitrogen functional groups attached to an aromatic ring is 1. The molecule has 0 aromatic heterocycles. The summed E-state index contributed by atoms with van der Waals surface area (Å²) >= 11 is 0. The highest BCUT2D eigenvalue weighted by Gasteiger charge is 2.22. The summed E-state index contributed by atoms with van der Waals surface area (Å²) in [5.74, 6) is 1.14. The molecule has 0 saturated heterocycles. The van der Waals surface area contributed by atoms with Crippen LogP contribution in [0.5, 0.6) is 11.5 Å². The van der Waals surface area contributed by atoms with Crippen LogP contribution in [0.15, 0.2) is 12.1 Å². The summed E-state index contributed by atoms with van der Waals surface area (Å²) in [7, 11) is 0. The lowest BCUT2D eigenvalue weighted by molar-refractivity contribution is 0.0806. The van der Waals surface area contributed by atoms with Crippen molar-refractivity contribution >= 4 is 11.6 Å². The maximum Gasteiger partial charge on any atom is 0.253 e. The maximum absolute atomic E-state index is 12.4. The molecule has 0 fully saturated rings. The molecule has 1 unspecified atom stereocenters.